The highest BCUT2D eigenvalue weighted by Gasteiger charge is 2.22. The van der Waals surface area contributed by atoms with E-state index in [1.165, 1.54) is 0 Å². The van der Waals surface area contributed by atoms with Gasteiger partial charge in [-0.15, -0.1) is 11.3 Å². The van der Waals surface area contributed by atoms with E-state index < -0.39 is 0 Å². The lowest BCUT2D eigenvalue weighted by Crippen LogP contribution is -2.13. The molecule has 3 rings (SSSR count). The number of aliphatic hydroxyl groups is 1. The van der Waals surface area contributed by atoms with Gasteiger partial charge in [0.1, 0.15) is 12.1 Å². The predicted molar refractivity (Wildman–Crippen MR) is 69.3 cm³/mol. The van der Waals surface area contributed by atoms with Crippen molar-refractivity contribution in [3.63, 3.8) is 0 Å². The van der Waals surface area contributed by atoms with Gasteiger partial charge >= 0.3 is 0 Å². The summed E-state index contributed by atoms with van der Waals surface area (Å²) >= 11 is 1.66. The molecule has 1 fully saturated rings. The molecule has 0 bridgehead atoms. The van der Waals surface area contributed by atoms with Crippen LogP contribution < -0.4 is 5.32 Å². The number of rotatable bonds is 3. The van der Waals surface area contributed by atoms with E-state index in [1.54, 1.807) is 17.7 Å². The molecular formula is C12H15N3OS. The first-order valence-electron chi connectivity index (χ1n) is 5.93. The number of hydrogen-bond acceptors (Lipinski definition) is 5. The normalized spacial score (nSPS) is 24.3. The van der Waals surface area contributed by atoms with E-state index in [-0.39, 0.29) is 6.10 Å². The van der Waals surface area contributed by atoms with Crippen LogP contribution in [0.3, 0.4) is 0 Å². The summed E-state index contributed by atoms with van der Waals surface area (Å²) in [6, 6.07) is 2.01. The maximum atomic E-state index is 9.48. The second kappa shape index (κ2) is 4.58. The second-order valence-electron chi connectivity index (χ2n) is 4.57. The van der Waals surface area contributed by atoms with Crippen molar-refractivity contribution in [3.8, 4) is 0 Å². The van der Waals surface area contributed by atoms with Crippen molar-refractivity contribution in [3.05, 3.63) is 17.8 Å². The summed E-state index contributed by atoms with van der Waals surface area (Å²) in [6.45, 7) is 0.890. The van der Waals surface area contributed by atoms with Gasteiger partial charge < -0.3 is 10.4 Å². The van der Waals surface area contributed by atoms with Gasteiger partial charge in [-0.3, -0.25) is 0 Å². The van der Waals surface area contributed by atoms with Crippen LogP contribution in [0.15, 0.2) is 17.8 Å². The van der Waals surface area contributed by atoms with E-state index in [0.717, 1.165) is 41.8 Å². The minimum Gasteiger partial charge on any atom is -0.393 e. The second-order valence-corrected chi connectivity index (χ2v) is 5.49. The molecule has 2 unspecified atom stereocenters. The summed E-state index contributed by atoms with van der Waals surface area (Å²) in [6.07, 6.45) is 4.44. The van der Waals surface area contributed by atoms with Crippen molar-refractivity contribution < 1.29 is 5.11 Å². The molecule has 2 aromatic heterocycles. The Kier molecular flexibility index (Phi) is 2.94. The molecule has 1 aliphatic carbocycles. The molecule has 1 aliphatic rings. The first-order chi connectivity index (χ1) is 8.33. The molecule has 2 heterocycles. The molecular weight excluding hydrogens is 234 g/mol. The number of anilines is 1. The number of fused-ring (bicyclic) bond motifs is 1. The van der Waals surface area contributed by atoms with Gasteiger partial charge in [0.2, 0.25) is 0 Å². The van der Waals surface area contributed by atoms with Gasteiger partial charge in [-0.1, -0.05) is 0 Å². The van der Waals surface area contributed by atoms with Crippen LogP contribution in [0.2, 0.25) is 0 Å². The largest absolute Gasteiger partial charge is 0.393 e. The first kappa shape index (κ1) is 10.9. The van der Waals surface area contributed by atoms with Gasteiger partial charge in [0.05, 0.1) is 16.3 Å². The van der Waals surface area contributed by atoms with Gasteiger partial charge in [0.15, 0.2) is 0 Å². The Bertz CT molecular complexity index is 513. The van der Waals surface area contributed by atoms with E-state index in [0.29, 0.717) is 5.92 Å². The maximum Gasteiger partial charge on any atom is 0.147 e. The Morgan fingerprint density at radius 2 is 2.35 bits per heavy atom. The third kappa shape index (κ3) is 2.25. The Hall–Kier alpha value is -1.20. The van der Waals surface area contributed by atoms with Crippen LogP contribution in [0.4, 0.5) is 5.82 Å². The van der Waals surface area contributed by atoms with Crippen LogP contribution in [-0.2, 0) is 0 Å². The molecule has 0 aromatic carbocycles. The molecule has 17 heavy (non-hydrogen) atoms. The fraction of sp³-hybridized carbons (Fsp3) is 0.500. The fourth-order valence-electron chi connectivity index (χ4n) is 2.39. The van der Waals surface area contributed by atoms with Gasteiger partial charge in [-0.25, -0.2) is 9.97 Å². The Balaban J connectivity index is 1.70. The quantitative estimate of drug-likeness (QED) is 0.876. The van der Waals surface area contributed by atoms with Crippen LogP contribution in [-0.4, -0.2) is 27.7 Å². The lowest BCUT2D eigenvalue weighted by atomic mass is 10.1. The Morgan fingerprint density at radius 1 is 1.41 bits per heavy atom. The molecule has 0 saturated heterocycles. The minimum atomic E-state index is -0.103. The highest BCUT2D eigenvalue weighted by atomic mass is 32.1. The molecule has 0 amide bonds. The first-order valence-corrected chi connectivity index (χ1v) is 6.81. The third-order valence-corrected chi connectivity index (χ3v) is 4.23. The Labute approximate surface area is 104 Å². The zero-order chi connectivity index (χ0) is 11.7. The molecule has 2 atom stereocenters. The summed E-state index contributed by atoms with van der Waals surface area (Å²) in [5, 5.41) is 14.9. The topological polar surface area (TPSA) is 58.0 Å². The van der Waals surface area contributed by atoms with Crippen molar-refractivity contribution in [2.75, 3.05) is 11.9 Å². The predicted octanol–water partition coefficient (Wildman–Crippen LogP) is 2.26. The third-order valence-electron chi connectivity index (χ3n) is 3.31. The SMILES string of the molecule is OC1CCC(CNc2ncnc3ccsc23)C1. The summed E-state index contributed by atoms with van der Waals surface area (Å²) in [5.74, 6) is 1.49. The van der Waals surface area contributed by atoms with Crippen molar-refractivity contribution in [1.82, 2.24) is 9.97 Å². The number of hydrogen-bond donors (Lipinski definition) is 2. The van der Waals surface area contributed by atoms with E-state index in [9.17, 15) is 5.11 Å². The van der Waals surface area contributed by atoms with Crippen molar-refractivity contribution in [2.45, 2.75) is 25.4 Å². The molecule has 0 spiro atoms. The monoisotopic (exact) mass is 249 g/mol. The van der Waals surface area contributed by atoms with Gasteiger partial charge in [-0.05, 0) is 36.6 Å². The summed E-state index contributed by atoms with van der Waals surface area (Å²) in [7, 11) is 0. The minimum absolute atomic E-state index is 0.103. The van der Waals surface area contributed by atoms with E-state index in [1.807, 2.05) is 11.4 Å². The standard InChI is InChI=1S/C12H15N3OS/c16-9-2-1-8(5-9)6-13-12-11-10(3-4-17-11)14-7-15-12/h3-4,7-9,16H,1-2,5-6H2,(H,13,14,15). The number of aliphatic hydroxyl groups excluding tert-OH is 1. The molecule has 5 heteroatoms. The van der Waals surface area contributed by atoms with E-state index >= 15 is 0 Å². The van der Waals surface area contributed by atoms with Crippen LogP contribution in [0.1, 0.15) is 19.3 Å². The maximum absolute atomic E-state index is 9.48. The van der Waals surface area contributed by atoms with Gasteiger partial charge in [0.25, 0.3) is 0 Å². The highest BCUT2D eigenvalue weighted by Crippen LogP contribution is 2.28. The molecule has 1 saturated carbocycles. The summed E-state index contributed by atoms with van der Waals surface area (Å²) < 4.78 is 1.12. The molecule has 90 valence electrons. The van der Waals surface area contributed by atoms with Crippen molar-refractivity contribution in [1.29, 1.82) is 0 Å². The average molecular weight is 249 g/mol. The van der Waals surface area contributed by atoms with Crippen molar-refractivity contribution in [2.24, 2.45) is 5.92 Å². The van der Waals surface area contributed by atoms with Gasteiger partial charge in [-0.2, -0.15) is 0 Å². The summed E-state index contributed by atoms with van der Waals surface area (Å²) in [5.41, 5.74) is 0.999. The zero-order valence-electron chi connectivity index (χ0n) is 9.47. The summed E-state index contributed by atoms with van der Waals surface area (Å²) in [4.78, 5) is 8.50. The number of aromatic nitrogens is 2. The molecule has 2 aromatic rings. The zero-order valence-corrected chi connectivity index (χ0v) is 10.3. The lowest BCUT2D eigenvalue weighted by molar-refractivity contribution is 0.178. The van der Waals surface area contributed by atoms with Crippen LogP contribution in [0, 0.1) is 5.92 Å². The van der Waals surface area contributed by atoms with Crippen LogP contribution >= 0.6 is 11.3 Å². The molecule has 0 radical (unpaired) electrons. The lowest BCUT2D eigenvalue weighted by Gasteiger charge is -2.11. The smallest absolute Gasteiger partial charge is 0.147 e. The molecule has 4 nitrogen and oxygen atoms in total. The highest BCUT2D eigenvalue weighted by molar-refractivity contribution is 7.17. The Morgan fingerprint density at radius 3 is 3.18 bits per heavy atom. The van der Waals surface area contributed by atoms with Crippen molar-refractivity contribution >= 4 is 27.4 Å². The fourth-order valence-corrected chi connectivity index (χ4v) is 3.20. The van der Waals surface area contributed by atoms with E-state index in [2.05, 4.69) is 15.3 Å². The molecule has 2 N–H and O–H groups in total. The van der Waals surface area contributed by atoms with Crippen LogP contribution in [0.25, 0.3) is 10.2 Å². The molecule has 0 aliphatic heterocycles. The van der Waals surface area contributed by atoms with Gasteiger partial charge in [0, 0.05) is 6.54 Å². The number of thiophene rings is 1. The number of nitrogens with one attached hydrogen (secondary N) is 1. The van der Waals surface area contributed by atoms with E-state index in [4.69, 9.17) is 0 Å². The number of nitrogens with zero attached hydrogens (tertiary/aromatic N) is 2. The average Bonchev–Trinajstić information content (AvgIpc) is 2.94. The van der Waals surface area contributed by atoms with Crippen LogP contribution in [0.5, 0.6) is 0 Å².